The zero-order chi connectivity index (χ0) is 12.9. The molecule has 0 aliphatic heterocycles. The van der Waals surface area contributed by atoms with Gasteiger partial charge in [-0.2, -0.15) is 0 Å². The lowest BCUT2D eigenvalue weighted by Crippen LogP contribution is -2.32. The van der Waals surface area contributed by atoms with Gasteiger partial charge in [0, 0.05) is 19.6 Å². The van der Waals surface area contributed by atoms with Crippen LogP contribution >= 0.6 is 0 Å². The molecule has 0 aromatic heterocycles. The van der Waals surface area contributed by atoms with Gasteiger partial charge in [0.25, 0.3) is 0 Å². The van der Waals surface area contributed by atoms with Gasteiger partial charge in [-0.3, -0.25) is 0 Å². The van der Waals surface area contributed by atoms with Crippen LogP contribution in [0.4, 0.5) is 0 Å². The molecule has 3 heteroatoms. The summed E-state index contributed by atoms with van der Waals surface area (Å²) in [7, 11) is 0. The average Bonchev–Trinajstić information content (AvgIpc) is 2.28. The molecule has 1 aromatic carbocycles. The van der Waals surface area contributed by atoms with Gasteiger partial charge in [-0.15, -0.1) is 0 Å². The first kappa shape index (κ1) is 14.2. The number of aliphatic hydroxyl groups is 1. The molecular formula is C14H24N2O. The van der Waals surface area contributed by atoms with E-state index in [1.807, 2.05) is 0 Å². The number of aliphatic hydroxyl groups excluding tert-OH is 1. The smallest absolute Gasteiger partial charge is 0.0786 e. The van der Waals surface area contributed by atoms with Crippen molar-refractivity contribution in [1.82, 2.24) is 5.32 Å². The molecule has 1 unspecified atom stereocenters. The highest BCUT2D eigenvalue weighted by atomic mass is 16.3. The molecule has 0 saturated carbocycles. The summed E-state index contributed by atoms with van der Waals surface area (Å²) in [6.45, 7) is 8.22. The summed E-state index contributed by atoms with van der Waals surface area (Å²) in [5.74, 6) is 0. The number of hydrogen-bond acceptors (Lipinski definition) is 3. The lowest BCUT2D eigenvalue weighted by Gasteiger charge is -2.19. The fourth-order valence-electron chi connectivity index (χ4n) is 1.59. The van der Waals surface area contributed by atoms with Crippen molar-refractivity contribution in [1.29, 1.82) is 0 Å². The van der Waals surface area contributed by atoms with E-state index in [0.717, 1.165) is 6.54 Å². The van der Waals surface area contributed by atoms with Crippen molar-refractivity contribution in [3.63, 3.8) is 0 Å². The van der Waals surface area contributed by atoms with Crippen LogP contribution in [-0.4, -0.2) is 24.3 Å². The molecule has 17 heavy (non-hydrogen) atoms. The number of benzene rings is 1. The van der Waals surface area contributed by atoms with E-state index >= 15 is 0 Å². The fourth-order valence-corrected chi connectivity index (χ4v) is 1.59. The van der Waals surface area contributed by atoms with Crippen molar-refractivity contribution in [2.24, 2.45) is 5.73 Å². The summed E-state index contributed by atoms with van der Waals surface area (Å²) >= 11 is 0. The first-order chi connectivity index (χ1) is 7.93. The van der Waals surface area contributed by atoms with E-state index in [1.54, 1.807) is 0 Å². The van der Waals surface area contributed by atoms with Crippen molar-refractivity contribution in [3.8, 4) is 0 Å². The van der Waals surface area contributed by atoms with Crippen molar-refractivity contribution in [2.45, 2.75) is 38.8 Å². The molecule has 0 aliphatic rings. The molecule has 1 aromatic rings. The largest absolute Gasteiger partial charge is 0.390 e. The third kappa shape index (κ3) is 4.86. The van der Waals surface area contributed by atoms with E-state index in [0.29, 0.717) is 13.1 Å². The standard InChI is InChI=1S/C14H24N2O/c1-14(2,3)12-6-4-11(5-7-12)9-16-10-13(17)8-15/h4-7,13,16-17H,8-10,15H2,1-3H3. The maximum atomic E-state index is 9.30. The van der Waals surface area contributed by atoms with Gasteiger partial charge in [-0.1, -0.05) is 45.0 Å². The predicted octanol–water partition coefficient (Wildman–Crippen LogP) is 1.39. The van der Waals surface area contributed by atoms with E-state index in [1.165, 1.54) is 11.1 Å². The van der Waals surface area contributed by atoms with Crippen LogP contribution in [-0.2, 0) is 12.0 Å². The Morgan fingerprint density at radius 3 is 2.29 bits per heavy atom. The Morgan fingerprint density at radius 1 is 1.24 bits per heavy atom. The Bertz CT molecular complexity index is 327. The van der Waals surface area contributed by atoms with Gasteiger partial charge >= 0.3 is 0 Å². The first-order valence-corrected chi connectivity index (χ1v) is 6.11. The lowest BCUT2D eigenvalue weighted by atomic mass is 9.87. The Labute approximate surface area is 104 Å². The van der Waals surface area contributed by atoms with Crippen LogP contribution < -0.4 is 11.1 Å². The van der Waals surface area contributed by atoms with E-state index in [9.17, 15) is 5.11 Å². The van der Waals surface area contributed by atoms with Crippen molar-refractivity contribution in [3.05, 3.63) is 35.4 Å². The van der Waals surface area contributed by atoms with Gasteiger partial charge in [0.05, 0.1) is 6.10 Å². The number of nitrogens with two attached hydrogens (primary N) is 1. The Morgan fingerprint density at radius 2 is 1.82 bits per heavy atom. The molecule has 0 bridgehead atoms. The molecule has 0 saturated heterocycles. The zero-order valence-corrected chi connectivity index (χ0v) is 11.0. The molecule has 4 N–H and O–H groups in total. The third-order valence-corrected chi connectivity index (χ3v) is 2.80. The van der Waals surface area contributed by atoms with Crippen LogP contribution in [0.5, 0.6) is 0 Å². The summed E-state index contributed by atoms with van der Waals surface area (Å²) in [5, 5.41) is 12.5. The van der Waals surface area contributed by atoms with Crippen LogP contribution in [0.3, 0.4) is 0 Å². The molecule has 3 nitrogen and oxygen atoms in total. The minimum atomic E-state index is -0.455. The van der Waals surface area contributed by atoms with Gasteiger partial charge in [0.1, 0.15) is 0 Å². The van der Waals surface area contributed by atoms with E-state index < -0.39 is 6.10 Å². The third-order valence-electron chi connectivity index (χ3n) is 2.80. The van der Waals surface area contributed by atoms with Gasteiger partial charge < -0.3 is 16.2 Å². The lowest BCUT2D eigenvalue weighted by molar-refractivity contribution is 0.179. The Balaban J connectivity index is 2.46. The summed E-state index contributed by atoms with van der Waals surface area (Å²) in [4.78, 5) is 0. The molecule has 0 spiro atoms. The van der Waals surface area contributed by atoms with Gasteiger partial charge in [0.2, 0.25) is 0 Å². The van der Waals surface area contributed by atoms with Crippen LogP contribution in [0.25, 0.3) is 0 Å². The second-order valence-corrected chi connectivity index (χ2v) is 5.47. The summed E-state index contributed by atoms with van der Waals surface area (Å²) in [6.07, 6.45) is -0.455. The second-order valence-electron chi connectivity index (χ2n) is 5.47. The Kier molecular flexibility index (Phi) is 5.12. The second kappa shape index (κ2) is 6.15. The molecule has 0 heterocycles. The highest BCUT2D eigenvalue weighted by Gasteiger charge is 2.12. The topological polar surface area (TPSA) is 58.3 Å². The minimum Gasteiger partial charge on any atom is -0.390 e. The van der Waals surface area contributed by atoms with Crippen LogP contribution in [0.2, 0.25) is 0 Å². The molecule has 0 aliphatic carbocycles. The van der Waals surface area contributed by atoms with Crippen LogP contribution in [0.15, 0.2) is 24.3 Å². The summed E-state index contributed by atoms with van der Waals surface area (Å²) in [6, 6.07) is 8.58. The Hall–Kier alpha value is -0.900. The predicted molar refractivity (Wildman–Crippen MR) is 71.9 cm³/mol. The molecular weight excluding hydrogens is 212 g/mol. The quantitative estimate of drug-likeness (QED) is 0.724. The van der Waals surface area contributed by atoms with Gasteiger partial charge in [-0.25, -0.2) is 0 Å². The highest BCUT2D eigenvalue weighted by Crippen LogP contribution is 2.21. The monoisotopic (exact) mass is 236 g/mol. The molecule has 96 valence electrons. The van der Waals surface area contributed by atoms with Crippen molar-refractivity contribution >= 4 is 0 Å². The first-order valence-electron chi connectivity index (χ1n) is 6.11. The van der Waals surface area contributed by atoms with Crippen LogP contribution in [0.1, 0.15) is 31.9 Å². The fraction of sp³-hybridized carbons (Fsp3) is 0.571. The maximum absolute atomic E-state index is 9.30. The average molecular weight is 236 g/mol. The van der Waals surface area contributed by atoms with Gasteiger partial charge in [0.15, 0.2) is 0 Å². The number of nitrogens with one attached hydrogen (secondary N) is 1. The van der Waals surface area contributed by atoms with E-state index in [4.69, 9.17) is 5.73 Å². The zero-order valence-electron chi connectivity index (χ0n) is 11.0. The molecule has 0 fully saturated rings. The SMILES string of the molecule is CC(C)(C)c1ccc(CNCC(O)CN)cc1. The summed E-state index contributed by atoms with van der Waals surface area (Å²) < 4.78 is 0. The van der Waals surface area contributed by atoms with E-state index in [2.05, 4.69) is 50.4 Å². The number of hydrogen-bond donors (Lipinski definition) is 3. The van der Waals surface area contributed by atoms with Crippen molar-refractivity contribution in [2.75, 3.05) is 13.1 Å². The molecule has 1 rings (SSSR count). The molecule has 1 atom stereocenters. The number of rotatable bonds is 5. The van der Waals surface area contributed by atoms with Crippen molar-refractivity contribution < 1.29 is 5.11 Å². The van der Waals surface area contributed by atoms with E-state index in [-0.39, 0.29) is 5.41 Å². The minimum absolute atomic E-state index is 0.196. The van der Waals surface area contributed by atoms with Gasteiger partial charge in [-0.05, 0) is 16.5 Å². The molecule has 0 radical (unpaired) electrons. The maximum Gasteiger partial charge on any atom is 0.0786 e. The molecule has 0 amide bonds. The summed E-state index contributed by atoms with van der Waals surface area (Å²) in [5.41, 5.74) is 8.09. The highest BCUT2D eigenvalue weighted by molar-refractivity contribution is 5.27. The van der Waals surface area contributed by atoms with Crippen LogP contribution in [0, 0.1) is 0 Å². The normalized spacial score (nSPS) is 13.7.